The molecule has 3 rings (SSSR count). The number of aryl methyl sites for hydroxylation is 2. The first-order chi connectivity index (χ1) is 12.2. The third-order valence-corrected chi connectivity index (χ3v) is 4.70. The highest BCUT2D eigenvalue weighted by Gasteiger charge is 2.22. The van der Waals surface area contributed by atoms with Crippen LogP contribution in [0.25, 0.3) is 10.9 Å². The van der Waals surface area contributed by atoms with Crippen LogP contribution in [-0.2, 0) is 19.4 Å². The molecule has 3 aromatic rings. The second-order valence-electron chi connectivity index (χ2n) is 6.57. The molecule has 25 heavy (non-hydrogen) atoms. The normalized spacial score (nSPS) is 11.1. The molecule has 0 unspecified atom stereocenters. The highest BCUT2D eigenvalue weighted by Crippen LogP contribution is 2.32. The third-order valence-electron chi connectivity index (χ3n) is 4.70. The maximum Gasteiger partial charge on any atom is 0.265 e. The number of hydrogen-bond acceptors (Lipinski definition) is 1. The topological polar surface area (TPSA) is 48.0 Å². The van der Waals surface area contributed by atoms with E-state index in [2.05, 4.69) is 60.9 Å². The number of carbonyl (C=O) groups excluding carboxylic acids is 1. The van der Waals surface area contributed by atoms with Gasteiger partial charge in [0, 0.05) is 17.4 Å². The van der Waals surface area contributed by atoms with E-state index in [4.69, 9.17) is 5.73 Å². The first kappa shape index (κ1) is 17.3. The summed E-state index contributed by atoms with van der Waals surface area (Å²) in [7, 11) is 0. The van der Waals surface area contributed by atoms with Gasteiger partial charge in [-0.25, -0.2) is 0 Å². The Morgan fingerprint density at radius 3 is 2.40 bits per heavy atom. The van der Waals surface area contributed by atoms with Gasteiger partial charge in [0.15, 0.2) is 0 Å². The Labute approximate surface area is 149 Å². The molecule has 3 heteroatoms. The molecule has 0 saturated carbocycles. The standard InChI is InChI=1S/C22H26N2O/c1-3-9-18-20-17(15-16-10-6-5-7-11-16)12-8-13-19(20)24(14-4-2)21(18)22(23)25/h5-8,10-13H,3-4,9,14-15H2,1-2H3,(H2,23,25). The van der Waals surface area contributed by atoms with Crippen LogP contribution in [0.2, 0.25) is 0 Å². The van der Waals surface area contributed by atoms with Gasteiger partial charge in [-0.1, -0.05) is 62.7 Å². The zero-order chi connectivity index (χ0) is 17.8. The zero-order valence-electron chi connectivity index (χ0n) is 15.1. The van der Waals surface area contributed by atoms with E-state index in [1.54, 1.807) is 0 Å². The first-order valence-electron chi connectivity index (χ1n) is 9.14. The van der Waals surface area contributed by atoms with E-state index < -0.39 is 0 Å². The van der Waals surface area contributed by atoms with E-state index >= 15 is 0 Å². The lowest BCUT2D eigenvalue weighted by atomic mass is 9.96. The number of aromatic nitrogens is 1. The van der Waals surface area contributed by atoms with Gasteiger partial charge in [0.25, 0.3) is 5.91 Å². The number of rotatable bonds is 7. The molecule has 1 amide bonds. The van der Waals surface area contributed by atoms with Crippen molar-refractivity contribution in [2.45, 2.75) is 46.1 Å². The number of benzene rings is 2. The highest BCUT2D eigenvalue weighted by molar-refractivity contribution is 6.02. The fraction of sp³-hybridized carbons (Fsp3) is 0.318. The summed E-state index contributed by atoms with van der Waals surface area (Å²) in [6.45, 7) is 5.09. The average Bonchev–Trinajstić information content (AvgIpc) is 2.92. The molecule has 2 N–H and O–H groups in total. The van der Waals surface area contributed by atoms with Gasteiger partial charge in [-0.15, -0.1) is 0 Å². The van der Waals surface area contributed by atoms with E-state index in [-0.39, 0.29) is 5.91 Å². The van der Waals surface area contributed by atoms with Crippen LogP contribution < -0.4 is 5.73 Å². The molecule has 0 aliphatic rings. The van der Waals surface area contributed by atoms with E-state index in [1.807, 2.05) is 6.07 Å². The van der Waals surface area contributed by atoms with Gasteiger partial charge in [-0.05, 0) is 42.0 Å². The Morgan fingerprint density at radius 2 is 1.76 bits per heavy atom. The minimum Gasteiger partial charge on any atom is -0.364 e. The number of carbonyl (C=O) groups is 1. The van der Waals surface area contributed by atoms with Gasteiger partial charge in [0.2, 0.25) is 0 Å². The molecule has 1 heterocycles. The van der Waals surface area contributed by atoms with Crippen LogP contribution in [0.1, 0.15) is 53.9 Å². The summed E-state index contributed by atoms with van der Waals surface area (Å²) in [6, 6.07) is 16.9. The molecule has 0 atom stereocenters. The van der Waals surface area contributed by atoms with E-state index in [0.717, 1.165) is 43.3 Å². The summed E-state index contributed by atoms with van der Waals surface area (Å²) >= 11 is 0. The second-order valence-corrected chi connectivity index (χ2v) is 6.57. The van der Waals surface area contributed by atoms with Crippen LogP contribution in [0.4, 0.5) is 0 Å². The van der Waals surface area contributed by atoms with Crippen molar-refractivity contribution in [1.82, 2.24) is 4.57 Å². The molecule has 0 saturated heterocycles. The number of amides is 1. The smallest absolute Gasteiger partial charge is 0.265 e. The summed E-state index contributed by atoms with van der Waals surface area (Å²) in [5, 5.41) is 1.22. The highest BCUT2D eigenvalue weighted by atomic mass is 16.1. The Bertz CT molecular complexity index is 878. The summed E-state index contributed by atoms with van der Waals surface area (Å²) in [5.41, 5.74) is 11.3. The van der Waals surface area contributed by atoms with Gasteiger partial charge in [0.05, 0.1) is 0 Å². The van der Waals surface area contributed by atoms with Crippen molar-refractivity contribution in [3.8, 4) is 0 Å². The number of hydrogen-bond donors (Lipinski definition) is 1. The Hall–Kier alpha value is -2.55. The predicted octanol–water partition coefficient (Wildman–Crippen LogP) is 4.69. The zero-order valence-corrected chi connectivity index (χ0v) is 15.1. The Balaban J connectivity index is 2.25. The van der Waals surface area contributed by atoms with E-state index in [1.165, 1.54) is 16.5 Å². The lowest BCUT2D eigenvalue weighted by molar-refractivity contribution is 0.0991. The van der Waals surface area contributed by atoms with Gasteiger partial charge in [0.1, 0.15) is 5.69 Å². The van der Waals surface area contributed by atoms with Crippen molar-refractivity contribution >= 4 is 16.8 Å². The maximum absolute atomic E-state index is 12.2. The molecule has 0 bridgehead atoms. The molecule has 0 aliphatic heterocycles. The average molecular weight is 334 g/mol. The lowest BCUT2D eigenvalue weighted by Gasteiger charge is -2.08. The fourth-order valence-electron chi connectivity index (χ4n) is 3.76. The monoisotopic (exact) mass is 334 g/mol. The van der Waals surface area contributed by atoms with Crippen molar-refractivity contribution in [3.05, 3.63) is 70.9 Å². The van der Waals surface area contributed by atoms with Crippen molar-refractivity contribution in [1.29, 1.82) is 0 Å². The van der Waals surface area contributed by atoms with Crippen LogP contribution in [0.3, 0.4) is 0 Å². The number of fused-ring (bicyclic) bond motifs is 1. The summed E-state index contributed by atoms with van der Waals surface area (Å²) in [5.74, 6) is -0.321. The van der Waals surface area contributed by atoms with Crippen LogP contribution in [0, 0.1) is 0 Å². The molecule has 3 nitrogen and oxygen atoms in total. The fourth-order valence-corrected chi connectivity index (χ4v) is 3.76. The molecular weight excluding hydrogens is 308 g/mol. The van der Waals surface area contributed by atoms with Gasteiger partial charge in [-0.2, -0.15) is 0 Å². The van der Waals surface area contributed by atoms with Crippen molar-refractivity contribution in [2.24, 2.45) is 5.73 Å². The van der Waals surface area contributed by atoms with E-state index in [9.17, 15) is 4.79 Å². The predicted molar refractivity (Wildman–Crippen MR) is 104 cm³/mol. The number of primary amides is 1. The minimum absolute atomic E-state index is 0.321. The molecule has 0 fully saturated rings. The number of nitrogens with zero attached hydrogens (tertiary/aromatic N) is 1. The first-order valence-corrected chi connectivity index (χ1v) is 9.14. The Kier molecular flexibility index (Phi) is 5.22. The molecule has 0 radical (unpaired) electrons. The van der Waals surface area contributed by atoms with Crippen LogP contribution >= 0.6 is 0 Å². The molecule has 2 aromatic carbocycles. The summed E-state index contributed by atoms with van der Waals surface area (Å²) in [6.07, 6.45) is 3.70. The molecule has 0 spiro atoms. The SMILES string of the molecule is CCCc1c(C(N)=O)n(CCC)c2cccc(Cc3ccccc3)c12. The van der Waals surface area contributed by atoms with Gasteiger partial charge >= 0.3 is 0 Å². The van der Waals surface area contributed by atoms with Gasteiger partial charge < -0.3 is 10.3 Å². The largest absolute Gasteiger partial charge is 0.364 e. The van der Waals surface area contributed by atoms with Crippen LogP contribution in [0.15, 0.2) is 48.5 Å². The molecule has 0 aliphatic carbocycles. The van der Waals surface area contributed by atoms with Crippen molar-refractivity contribution < 1.29 is 4.79 Å². The van der Waals surface area contributed by atoms with Crippen molar-refractivity contribution in [3.63, 3.8) is 0 Å². The molecular formula is C22H26N2O. The minimum atomic E-state index is -0.321. The van der Waals surface area contributed by atoms with Crippen LogP contribution in [-0.4, -0.2) is 10.5 Å². The van der Waals surface area contributed by atoms with Gasteiger partial charge in [-0.3, -0.25) is 4.79 Å². The molecule has 130 valence electrons. The second kappa shape index (κ2) is 7.56. The molecule has 1 aromatic heterocycles. The quantitative estimate of drug-likeness (QED) is 0.669. The maximum atomic E-state index is 12.2. The van der Waals surface area contributed by atoms with Crippen molar-refractivity contribution in [2.75, 3.05) is 0 Å². The number of nitrogens with two attached hydrogens (primary N) is 1. The van der Waals surface area contributed by atoms with Crippen LogP contribution in [0.5, 0.6) is 0 Å². The van der Waals surface area contributed by atoms with E-state index in [0.29, 0.717) is 5.69 Å². The summed E-state index contributed by atoms with van der Waals surface area (Å²) < 4.78 is 2.12. The lowest BCUT2D eigenvalue weighted by Crippen LogP contribution is -2.18. The Morgan fingerprint density at radius 1 is 1.00 bits per heavy atom. The summed E-state index contributed by atoms with van der Waals surface area (Å²) in [4.78, 5) is 12.2. The third kappa shape index (κ3) is 3.32.